The van der Waals surface area contributed by atoms with Crippen LogP contribution in [0.2, 0.25) is 0 Å². The van der Waals surface area contributed by atoms with Crippen molar-refractivity contribution in [2.75, 3.05) is 6.61 Å². The van der Waals surface area contributed by atoms with Crippen LogP contribution in [-0.2, 0) is 6.61 Å². The largest absolute Gasteiger partial charge is 0.490 e. The van der Waals surface area contributed by atoms with E-state index >= 15 is 0 Å². The number of benzene rings is 4. The summed E-state index contributed by atoms with van der Waals surface area (Å²) >= 11 is 2.26. The first-order chi connectivity index (χ1) is 16.0. The summed E-state index contributed by atoms with van der Waals surface area (Å²) in [6.07, 6.45) is 3.42. The van der Waals surface area contributed by atoms with Crippen molar-refractivity contribution in [1.29, 1.82) is 0 Å². The topological polar surface area (TPSA) is 35.5 Å². The van der Waals surface area contributed by atoms with Crippen molar-refractivity contribution in [2.45, 2.75) is 20.5 Å². The summed E-state index contributed by atoms with van der Waals surface area (Å²) in [4.78, 5) is 12.5. The van der Waals surface area contributed by atoms with E-state index in [0.717, 1.165) is 20.3 Å². The molecule has 166 valence electrons. The predicted molar refractivity (Wildman–Crippen MR) is 143 cm³/mol. The molecule has 0 N–H and O–H groups in total. The van der Waals surface area contributed by atoms with E-state index in [2.05, 4.69) is 52.9 Å². The highest BCUT2D eigenvalue weighted by atomic mass is 127. The molecule has 0 spiro atoms. The maximum Gasteiger partial charge on any atom is 0.185 e. The van der Waals surface area contributed by atoms with Gasteiger partial charge in [-0.05, 0) is 76.5 Å². The maximum atomic E-state index is 12.5. The second-order valence-corrected chi connectivity index (χ2v) is 8.92. The predicted octanol–water partition coefficient (Wildman–Crippen LogP) is 7.63. The minimum absolute atomic E-state index is 0.0285. The lowest BCUT2D eigenvalue weighted by Gasteiger charge is -2.15. The summed E-state index contributed by atoms with van der Waals surface area (Å²) in [6.45, 7) is 4.92. The van der Waals surface area contributed by atoms with Crippen LogP contribution in [0.5, 0.6) is 11.5 Å². The van der Waals surface area contributed by atoms with Gasteiger partial charge in [-0.15, -0.1) is 0 Å². The number of carbonyl (C=O) groups is 1. The Balaban J connectivity index is 1.56. The first-order valence-corrected chi connectivity index (χ1v) is 12.0. The number of carbonyl (C=O) groups excluding carboxylic acids is 1. The van der Waals surface area contributed by atoms with E-state index in [1.54, 1.807) is 6.08 Å². The second-order valence-electron chi connectivity index (χ2n) is 7.75. The highest BCUT2D eigenvalue weighted by Crippen LogP contribution is 2.35. The third-order valence-corrected chi connectivity index (χ3v) is 6.15. The monoisotopic (exact) mass is 548 g/mol. The van der Waals surface area contributed by atoms with Crippen LogP contribution in [0.25, 0.3) is 16.8 Å². The van der Waals surface area contributed by atoms with Crippen LogP contribution in [0.15, 0.2) is 84.9 Å². The van der Waals surface area contributed by atoms with Crippen LogP contribution in [0.3, 0.4) is 0 Å². The van der Waals surface area contributed by atoms with Crippen LogP contribution in [0.1, 0.15) is 34.0 Å². The Bertz CT molecular complexity index is 1300. The molecular formula is C29H25IO3. The van der Waals surface area contributed by atoms with Crippen molar-refractivity contribution in [1.82, 2.24) is 0 Å². The van der Waals surface area contributed by atoms with Gasteiger partial charge in [-0.1, -0.05) is 78.4 Å². The molecule has 3 nitrogen and oxygen atoms in total. The SMILES string of the molecule is CCOc1cc(/C=C/C(=O)c2ccc(C)cc2)cc(I)c1OCc1cccc2ccccc12. The van der Waals surface area contributed by atoms with Gasteiger partial charge in [-0.3, -0.25) is 4.79 Å². The van der Waals surface area contributed by atoms with Gasteiger partial charge in [-0.25, -0.2) is 0 Å². The Hall–Kier alpha value is -3.12. The molecular weight excluding hydrogens is 523 g/mol. The molecule has 4 aromatic carbocycles. The van der Waals surface area contributed by atoms with E-state index in [9.17, 15) is 4.79 Å². The van der Waals surface area contributed by atoms with Gasteiger partial charge in [-0.2, -0.15) is 0 Å². The highest BCUT2D eigenvalue weighted by Gasteiger charge is 2.13. The molecule has 0 aliphatic rings. The number of fused-ring (bicyclic) bond motifs is 1. The summed E-state index contributed by atoms with van der Waals surface area (Å²) in [7, 11) is 0. The Labute approximate surface area is 208 Å². The minimum atomic E-state index is -0.0285. The molecule has 0 fully saturated rings. The quantitative estimate of drug-likeness (QED) is 0.129. The minimum Gasteiger partial charge on any atom is -0.490 e. The van der Waals surface area contributed by atoms with Crippen LogP contribution in [0, 0.1) is 10.5 Å². The number of halogens is 1. The van der Waals surface area contributed by atoms with Crippen molar-refractivity contribution >= 4 is 45.2 Å². The molecule has 4 rings (SSSR count). The number of hydrogen-bond acceptors (Lipinski definition) is 3. The Morgan fingerprint density at radius 2 is 1.70 bits per heavy atom. The number of aryl methyl sites for hydroxylation is 1. The molecule has 0 bridgehead atoms. The molecule has 0 aromatic heterocycles. The van der Waals surface area contributed by atoms with E-state index in [1.807, 2.05) is 68.5 Å². The summed E-state index contributed by atoms with van der Waals surface area (Å²) in [5, 5.41) is 2.37. The second kappa shape index (κ2) is 10.7. The zero-order valence-corrected chi connectivity index (χ0v) is 20.8. The van der Waals surface area contributed by atoms with Gasteiger partial charge < -0.3 is 9.47 Å². The van der Waals surface area contributed by atoms with Gasteiger partial charge in [0.15, 0.2) is 17.3 Å². The zero-order valence-electron chi connectivity index (χ0n) is 18.7. The van der Waals surface area contributed by atoms with Gasteiger partial charge in [0.2, 0.25) is 0 Å². The smallest absolute Gasteiger partial charge is 0.185 e. The number of hydrogen-bond donors (Lipinski definition) is 0. The molecule has 0 aliphatic carbocycles. The van der Waals surface area contributed by atoms with Crippen LogP contribution < -0.4 is 9.47 Å². The highest BCUT2D eigenvalue weighted by molar-refractivity contribution is 14.1. The number of allylic oxidation sites excluding steroid dienone is 1. The Kier molecular flexibility index (Phi) is 7.45. The molecule has 0 aliphatic heterocycles. The van der Waals surface area contributed by atoms with Crippen molar-refractivity contribution in [2.24, 2.45) is 0 Å². The summed E-state index contributed by atoms with van der Waals surface area (Å²) in [5.74, 6) is 1.36. The van der Waals surface area contributed by atoms with Crippen molar-refractivity contribution < 1.29 is 14.3 Å². The zero-order chi connectivity index (χ0) is 23.2. The van der Waals surface area contributed by atoms with Crippen molar-refractivity contribution in [3.05, 3.63) is 111 Å². The van der Waals surface area contributed by atoms with Crippen molar-refractivity contribution in [3.8, 4) is 11.5 Å². The number of rotatable bonds is 8. The van der Waals surface area contributed by atoms with Gasteiger partial charge >= 0.3 is 0 Å². The molecule has 0 atom stereocenters. The normalized spacial score (nSPS) is 11.1. The molecule has 4 aromatic rings. The molecule has 33 heavy (non-hydrogen) atoms. The summed E-state index contributed by atoms with van der Waals surface area (Å²) in [5.41, 5.74) is 3.82. The van der Waals surface area contributed by atoms with Gasteiger partial charge in [0.1, 0.15) is 6.61 Å². The van der Waals surface area contributed by atoms with Crippen LogP contribution in [-0.4, -0.2) is 12.4 Å². The molecule has 4 heteroatoms. The van der Waals surface area contributed by atoms with E-state index in [4.69, 9.17) is 9.47 Å². The molecule has 0 amide bonds. The Morgan fingerprint density at radius 1 is 0.939 bits per heavy atom. The molecule has 0 radical (unpaired) electrons. The first-order valence-electron chi connectivity index (χ1n) is 10.9. The fraction of sp³-hybridized carbons (Fsp3) is 0.138. The lowest BCUT2D eigenvalue weighted by molar-refractivity contribution is 0.104. The van der Waals surface area contributed by atoms with Crippen LogP contribution >= 0.6 is 22.6 Å². The number of ketones is 1. The third-order valence-electron chi connectivity index (χ3n) is 5.35. The molecule has 0 unspecified atom stereocenters. The van der Waals surface area contributed by atoms with E-state index in [0.29, 0.717) is 30.3 Å². The molecule has 0 saturated heterocycles. The van der Waals surface area contributed by atoms with Gasteiger partial charge in [0, 0.05) is 5.56 Å². The fourth-order valence-corrected chi connectivity index (χ4v) is 4.42. The summed E-state index contributed by atoms with van der Waals surface area (Å²) in [6, 6.07) is 26.0. The standard InChI is InChI=1S/C29H25IO3/c1-3-32-28-18-21(13-16-27(31)23-14-11-20(2)12-15-23)17-26(30)29(28)33-19-24-9-6-8-22-7-4-5-10-25(22)24/h4-18H,3,19H2,1-2H3/b16-13+. The average molecular weight is 548 g/mol. The summed E-state index contributed by atoms with van der Waals surface area (Å²) < 4.78 is 13.1. The van der Waals surface area contributed by atoms with E-state index in [-0.39, 0.29) is 5.78 Å². The Morgan fingerprint density at radius 3 is 2.48 bits per heavy atom. The van der Waals surface area contributed by atoms with Crippen molar-refractivity contribution in [3.63, 3.8) is 0 Å². The lowest BCUT2D eigenvalue weighted by Crippen LogP contribution is -2.02. The van der Waals surface area contributed by atoms with E-state index in [1.165, 1.54) is 10.8 Å². The average Bonchev–Trinajstić information content (AvgIpc) is 2.82. The molecule has 0 heterocycles. The molecule has 0 saturated carbocycles. The van der Waals surface area contributed by atoms with Gasteiger partial charge in [0.25, 0.3) is 0 Å². The van der Waals surface area contributed by atoms with Gasteiger partial charge in [0.05, 0.1) is 10.2 Å². The first kappa shape index (κ1) is 23.1. The third kappa shape index (κ3) is 5.63. The maximum absolute atomic E-state index is 12.5. The fourth-order valence-electron chi connectivity index (χ4n) is 3.64. The number of ether oxygens (including phenoxy) is 2. The lowest BCUT2D eigenvalue weighted by atomic mass is 10.1. The van der Waals surface area contributed by atoms with Crippen LogP contribution in [0.4, 0.5) is 0 Å². The van der Waals surface area contributed by atoms with E-state index < -0.39 is 0 Å².